The summed E-state index contributed by atoms with van der Waals surface area (Å²) in [6.45, 7) is 9.11. The highest BCUT2D eigenvalue weighted by Gasteiger charge is 2.68. The maximum absolute atomic E-state index is 14.6. The number of hydrogen-bond acceptors (Lipinski definition) is 1. The van der Waals surface area contributed by atoms with E-state index in [0.29, 0.717) is 4.48 Å². The molecule has 3 aromatic rings. The van der Waals surface area contributed by atoms with Crippen molar-refractivity contribution in [2.75, 3.05) is 11.9 Å². The minimum atomic E-state index is -0.236. The lowest BCUT2D eigenvalue weighted by molar-refractivity contribution is 0.0352. The molecule has 2 nitrogen and oxygen atoms in total. The monoisotopic (exact) mass is 433 g/mol. The molecule has 32 heavy (non-hydrogen) atoms. The van der Waals surface area contributed by atoms with E-state index in [-0.39, 0.29) is 28.6 Å². The van der Waals surface area contributed by atoms with E-state index in [2.05, 4.69) is 63.9 Å². The summed E-state index contributed by atoms with van der Waals surface area (Å²) in [6, 6.07) is 20.6. The zero-order valence-corrected chi connectivity index (χ0v) is 19.5. The summed E-state index contributed by atoms with van der Waals surface area (Å²) in [5, 5.41) is 0. The van der Waals surface area contributed by atoms with Crippen LogP contribution in [0, 0.1) is 17.0 Å². The van der Waals surface area contributed by atoms with Gasteiger partial charge in [-0.05, 0) is 55.3 Å². The summed E-state index contributed by atoms with van der Waals surface area (Å²) >= 11 is 0. The van der Waals surface area contributed by atoms with Crippen LogP contribution in [0.4, 0.5) is 31.5 Å². The van der Waals surface area contributed by atoms with E-state index in [1.165, 1.54) is 17.8 Å². The summed E-state index contributed by atoms with van der Waals surface area (Å²) in [5.41, 5.74) is 5.11. The third kappa shape index (κ3) is 2.42. The normalized spacial score (nSPS) is 30.6. The first-order valence-corrected chi connectivity index (χ1v) is 11.5. The molecule has 0 amide bonds. The predicted octanol–water partition coefficient (Wildman–Crippen LogP) is 7.81. The van der Waals surface area contributed by atoms with Crippen LogP contribution < -0.4 is 9.38 Å². The number of nitrogens with zero attached hydrogens (tertiary/aromatic N) is 2. The Labute approximate surface area is 189 Å². The summed E-state index contributed by atoms with van der Waals surface area (Å²) in [6.07, 6.45) is 1.87. The molecule has 4 heteroatoms. The lowest BCUT2D eigenvalue weighted by Crippen LogP contribution is -2.68. The van der Waals surface area contributed by atoms with Gasteiger partial charge in [-0.2, -0.15) is 0 Å². The molecule has 2 aliphatic heterocycles. The van der Waals surface area contributed by atoms with E-state index >= 15 is 0 Å². The number of hydrogen-bond donors (Lipinski definition) is 0. The van der Waals surface area contributed by atoms with Gasteiger partial charge in [0.05, 0.1) is 12.5 Å². The lowest BCUT2D eigenvalue weighted by Gasteiger charge is -2.59. The fraction of sp³-hybridized carbons (Fsp3) is 0.357. The van der Waals surface area contributed by atoms with E-state index in [1.807, 2.05) is 18.2 Å². The largest absolute Gasteiger partial charge is 0.285 e. The first-order valence-electron chi connectivity index (χ1n) is 11.5. The van der Waals surface area contributed by atoms with E-state index in [1.54, 1.807) is 12.1 Å². The molecule has 0 bridgehead atoms. The first-order chi connectivity index (χ1) is 15.2. The Hall–Kier alpha value is -2.72. The van der Waals surface area contributed by atoms with Crippen LogP contribution in [0.15, 0.2) is 66.7 Å². The zero-order valence-electron chi connectivity index (χ0n) is 19.5. The minimum absolute atomic E-state index is 0.0401. The van der Waals surface area contributed by atoms with Crippen LogP contribution in [0.2, 0.25) is 0 Å². The number of fused-ring (bicyclic) bond motifs is 5. The fourth-order valence-corrected chi connectivity index (χ4v) is 6.67. The van der Waals surface area contributed by atoms with Gasteiger partial charge in [0.1, 0.15) is 23.0 Å². The van der Waals surface area contributed by atoms with Crippen molar-refractivity contribution in [3.05, 3.63) is 83.9 Å². The van der Waals surface area contributed by atoms with Crippen molar-refractivity contribution < 1.29 is 8.78 Å². The highest BCUT2D eigenvalue weighted by Crippen LogP contribution is 2.67. The van der Waals surface area contributed by atoms with Crippen molar-refractivity contribution in [3.63, 3.8) is 0 Å². The van der Waals surface area contributed by atoms with Crippen molar-refractivity contribution in [1.29, 1.82) is 0 Å². The molecule has 0 aliphatic carbocycles. The van der Waals surface area contributed by atoms with Crippen molar-refractivity contribution >= 4 is 22.7 Å². The summed E-state index contributed by atoms with van der Waals surface area (Å²) in [4.78, 5) is 2.40. The second-order valence-electron chi connectivity index (χ2n) is 9.90. The Balaban J connectivity index is 1.91. The van der Waals surface area contributed by atoms with Gasteiger partial charge in [-0.25, -0.2) is 13.3 Å². The molecule has 3 aromatic carbocycles. The maximum Gasteiger partial charge on any atom is 0.184 e. The van der Waals surface area contributed by atoms with E-state index in [4.69, 9.17) is 0 Å². The summed E-state index contributed by atoms with van der Waals surface area (Å²) in [7, 11) is 2.26. The van der Waals surface area contributed by atoms with Gasteiger partial charge in [0, 0.05) is 28.8 Å². The Kier molecular flexibility index (Phi) is 4.55. The first kappa shape index (κ1) is 21.1. The SMILES string of the molecule is CCC1(C)c2cc(F)ccc2[N+]2(C)c3ccccc3N(c3ccc(F)cc3)C2C1(C)CC. The van der Waals surface area contributed by atoms with E-state index < -0.39 is 0 Å². The molecule has 0 aromatic heterocycles. The van der Waals surface area contributed by atoms with Gasteiger partial charge in [-0.15, -0.1) is 0 Å². The Bertz CT molecular complexity index is 1190. The molecule has 0 N–H and O–H groups in total. The minimum Gasteiger partial charge on any atom is -0.285 e. The van der Waals surface area contributed by atoms with Crippen molar-refractivity contribution in [2.24, 2.45) is 5.41 Å². The van der Waals surface area contributed by atoms with Gasteiger partial charge >= 0.3 is 0 Å². The third-order valence-electron chi connectivity index (χ3n) is 8.81. The highest BCUT2D eigenvalue weighted by molar-refractivity contribution is 5.87. The van der Waals surface area contributed by atoms with Crippen LogP contribution in [-0.4, -0.2) is 13.2 Å². The summed E-state index contributed by atoms with van der Waals surface area (Å²) in [5.74, 6) is -0.422. The number of rotatable bonds is 3. The predicted molar refractivity (Wildman–Crippen MR) is 129 cm³/mol. The number of benzene rings is 3. The second-order valence-corrected chi connectivity index (χ2v) is 9.90. The van der Waals surface area contributed by atoms with Gasteiger partial charge < -0.3 is 0 Å². The number of anilines is 2. The van der Waals surface area contributed by atoms with Crippen LogP contribution in [0.3, 0.4) is 0 Å². The molecule has 4 unspecified atom stereocenters. The molecule has 5 rings (SSSR count). The molecule has 2 aliphatic rings. The van der Waals surface area contributed by atoms with Gasteiger partial charge in [0.15, 0.2) is 11.9 Å². The molecule has 0 spiro atoms. The zero-order chi connectivity index (χ0) is 22.9. The number of halogens is 2. The van der Waals surface area contributed by atoms with Crippen LogP contribution in [0.1, 0.15) is 46.1 Å². The number of quaternary nitrogens is 1. The Morgan fingerprint density at radius 1 is 0.844 bits per heavy atom. The average molecular weight is 434 g/mol. The third-order valence-corrected chi connectivity index (χ3v) is 8.81. The molecule has 0 saturated carbocycles. The topological polar surface area (TPSA) is 3.24 Å². The quantitative estimate of drug-likeness (QED) is 0.381. The molecule has 0 radical (unpaired) electrons. The van der Waals surface area contributed by atoms with Gasteiger partial charge in [0.25, 0.3) is 0 Å². The van der Waals surface area contributed by atoms with Gasteiger partial charge in [0.2, 0.25) is 0 Å². The highest BCUT2D eigenvalue weighted by atomic mass is 19.1. The van der Waals surface area contributed by atoms with Crippen molar-refractivity contribution in [1.82, 2.24) is 4.48 Å². The van der Waals surface area contributed by atoms with E-state index in [0.717, 1.165) is 35.5 Å². The van der Waals surface area contributed by atoms with Crippen molar-refractivity contribution in [2.45, 2.75) is 52.1 Å². The van der Waals surface area contributed by atoms with E-state index in [9.17, 15) is 8.78 Å². The van der Waals surface area contributed by atoms with Crippen LogP contribution >= 0.6 is 0 Å². The van der Waals surface area contributed by atoms with Crippen LogP contribution in [0.5, 0.6) is 0 Å². The van der Waals surface area contributed by atoms with Gasteiger partial charge in [-0.3, -0.25) is 4.90 Å². The van der Waals surface area contributed by atoms with Crippen molar-refractivity contribution in [3.8, 4) is 0 Å². The van der Waals surface area contributed by atoms with Gasteiger partial charge in [-0.1, -0.05) is 39.8 Å². The molecule has 2 heterocycles. The smallest absolute Gasteiger partial charge is 0.184 e. The molecular weight excluding hydrogens is 402 g/mol. The second kappa shape index (κ2) is 6.89. The average Bonchev–Trinajstić information content (AvgIpc) is 3.08. The molecule has 4 atom stereocenters. The molecule has 0 saturated heterocycles. The molecular formula is C28H31F2N2+. The fourth-order valence-electron chi connectivity index (χ4n) is 6.67. The Morgan fingerprint density at radius 3 is 2.16 bits per heavy atom. The standard InChI is InChI=1S/C28H31F2N2/c1-6-27(3)22-18-20(30)14-17-24(22)32(5)25-11-9-8-10-23(25)31(26(32)28(27,4)7-2)21-15-12-19(29)13-16-21/h8-18,26H,6-7H2,1-5H3/q+1. The van der Waals surface area contributed by atoms with Crippen LogP contribution in [0.25, 0.3) is 0 Å². The van der Waals surface area contributed by atoms with Crippen LogP contribution in [-0.2, 0) is 5.41 Å². The molecule has 166 valence electrons. The maximum atomic E-state index is 14.6. The molecule has 0 fully saturated rings. The number of para-hydroxylation sites is 2. The Morgan fingerprint density at radius 2 is 1.50 bits per heavy atom. The lowest BCUT2D eigenvalue weighted by atomic mass is 9.54. The summed E-state index contributed by atoms with van der Waals surface area (Å²) < 4.78 is 29.0.